The van der Waals surface area contributed by atoms with Crippen molar-refractivity contribution >= 4 is 15.8 Å². The van der Waals surface area contributed by atoms with E-state index in [4.69, 9.17) is 0 Å². The molecule has 0 saturated heterocycles. The van der Waals surface area contributed by atoms with Crippen LogP contribution in [0.5, 0.6) is 0 Å². The number of nitrogens with zero attached hydrogens (tertiary/aromatic N) is 2. The second kappa shape index (κ2) is 8.77. The van der Waals surface area contributed by atoms with Crippen LogP contribution in [0.15, 0.2) is 53.6 Å². The number of nitrogens with one attached hydrogen (secondary N) is 2. The zero-order valence-electron chi connectivity index (χ0n) is 14.1. The number of hydrogen-bond acceptors (Lipinski definition) is 5. The second-order valence-corrected chi connectivity index (χ2v) is 7.31. The second-order valence-electron chi connectivity index (χ2n) is 5.57. The molecule has 0 amide bonds. The molecule has 2 rings (SSSR count). The van der Waals surface area contributed by atoms with Gasteiger partial charge in [-0.05, 0) is 37.7 Å². The monoisotopic (exact) mass is 348 g/mol. The Hall–Kier alpha value is -1.96. The van der Waals surface area contributed by atoms with Crippen LogP contribution in [0.4, 0.5) is 5.82 Å². The van der Waals surface area contributed by atoms with Crippen LogP contribution in [0, 0.1) is 0 Å². The normalized spacial score (nSPS) is 11.6. The van der Waals surface area contributed by atoms with E-state index in [1.165, 1.54) is 5.56 Å². The molecule has 0 aliphatic heterocycles. The Labute approximate surface area is 144 Å². The molecule has 0 saturated carbocycles. The van der Waals surface area contributed by atoms with Crippen molar-refractivity contribution in [3.8, 4) is 0 Å². The molecule has 0 unspecified atom stereocenters. The Kier molecular flexibility index (Phi) is 6.72. The molecule has 0 fully saturated rings. The third kappa shape index (κ3) is 5.30. The Morgan fingerprint density at radius 1 is 1.12 bits per heavy atom. The van der Waals surface area contributed by atoms with Crippen molar-refractivity contribution in [2.24, 2.45) is 0 Å². The van der Waals surface area contributed by atoms with Gasteiger partial charge in [0, 0.05) is 26.3 Å². The van der Waals surface area contributed by atoms with Crippen LogP contribution in [0.25, 0.3) is 0 Å². The van der Waals surface area contributed by atoms with Crippen LogP contribution < -0.4 is 10.0 Å². The van der Waals surface area contributed by atoms with Gasteiger partial charge >= 0.3 is 0 Å². The maximum atomic E-state index is 12.3. The summed E-state index contributed by atoms with van der Waals surface area (Å²) in [5.74, 6) is 0.353. The number of benzene rings is 1. The molecule has 0 aliphatic rings. The molecule has 1 aromatic carbocycles. The quantitative estimate of drug-likeness (QED) is 0.677. The number of aromatic nitrogens is 1. The van der Waals surface area contributed by atoms with E-state index in [1.807, 2.05) is 25.2 Å². The molecule has 0 atom stereocenters. The Balaban J connectivity index is 1.81. The van der Waals surface area contributed by atoms with E-state index in [-0.39, 0.29) is 4.90 Å². The van der Waals surface area contributed by atoms with E-state index in [0.29, 0.717) is 12.4 Å². The molecule has 0 aliphatic carbocycles. The minimum atomic E-state index is -3.55. The number of sulfonamides is 1. The fraction of sp³-hybridized carbons (Fsp3) is 0.353. The molecular weight excluding hydrogens is 324 g/mol. The van der Waals surface area contributed by atoms with Crippen molar-refractivity contribution in [1.29, 1.82) is 0 Å². The van der Waals surface area contributed by atoms with Gasteiger partial charge in [-0.25, -0.2) is 18.1 Å². The van der Waals surface area contributed by atoms with E-state index in [1.54, 1.807) is 25.4 Å². The van der Waals surface area contributed by atoms with Gasteiger partial charge in [0.05, 0.1) is 0 Å². The van der Waals surface area contributed by atoms with E-state index >= 15 is 0 Å². The highest BCUT2D eigenvalue weighted by Gasteiger charge is 2.18. The number of hydrogen-bond donors (Lipinski definition) is 2. The molecular formula is C17H24N4O2S. The lowest BCUT2D eigenvalue weighted by molar-refractivity contribution is 0.322. The van der Waals surface area contributed by atoms with E-state index in [9.17, 15) is 8.42 Å². The van der Waals surface area contributed by atoms with Gasteiger partial charge in [-0.1, -0.05) is 30.3 Å². The summed E-state index contributed by atoms with van der Waals surface area (Å²) in [5, 5.41) is 2.80. The van der Waals surface area contributed by atoms with Crippen LogP contribution in [0.2, 0.25) is 0 Å². The standard InChI is InChI=1S/C17H24N4O2S/c1-18-17-16(10-6-11-19-17)24(22,23)20-12-7-13-21(2)14-15-8-4-3-5-9-15/h3-6,8-11,20H,7,12-14H2,1-2H3,(H,18,19). The lowest BCUT2D eigenvalue weighted by Gasteiger charge is -2.17. The van der Waals surface area contributed by atoms with Gasteiger partial charge in [0.25, 0.3) is 0 Å². The average molecular weight is 348 g/mol. The first-order chi connectivity index (χ1) is 11.5. The van der Waals surface area contributed by atoms with E-state index < -0.39 is 10.0 Å². The molecule has 130 valence electrons. The van der Waals surface area contributed by atoms with Crippen molar-refractivity contribution in [1.82, 2.24) is 14.6 Å². The molecule has 6 nitrogen and oxygen atoms in total. The maximum absolute atomic E-state index is 12.3. The Morgan fingerprint density at radius 2 is 1.88 bits per heavy atom. The lowest BCUT2D eigenvalue weighted by atomic mass is 10.2. The highest BCUT2D eigenvalue weighted by molar-refractivity contribution is 7.89. The molecule has 2 N–H and O–H groups in total. The number of anilines is 1. The summed E-state index contributed by atoms with van der Waals surface area (Å²) in [6.07, 6.45) is 2.29. The topological polar surface area (TPSA) is 74.3 Å². The first-order valence-corrected chi connectivity index (χ1v) is 9.36. The minimum absolute atomic E-state index is 0.171. The fourth-order valence-electron chi connectivity index (χ4n) is 2.40. The summed E-state index contributed by atoms with van der Waals surface area (Å²) in [4.78, 5) is 6.37. The largest absolute Gasteiger partial charge is 0.372 e. The van der Waals surface area contributed by atoms with Gasteiger partial charge < -0.3 is 10.2 Å². The van der Waals surface area contributed by atoms with Crippen LogP contribution in [0.1, 0.15) is 12.0 Å². The third-order valence-electron chi connectivity index (χ3n) is 3.60. The van der Waals surface area contributed by atoms with Crippen molar-refractivity contribution < 1.29 is 8.42 Å². The summed E-state index contributed by atoms with van der Waals surface area (Å²) < 4.78 is 27.3. The molecule has 7 heteroatoms. The highest BCUT2D eigenvalue weighted by atomic mass is 32.2. The van der Waals surface area contributed by atoms with Crippen molar-refractivity contribution in [2.45, 2.75) is 17.9 Å². The lowest BCUT2D eigenvalue weighted by Crippen LogP contribution is -2.28. The molecule has 0 bridgehead atoms. The fourth-order valence-corrected chi connectivity index (χ4v) is 3.64. The van der Waals surface area contributed by atoms with Crippen molar-refractivity contribution in [3.05, 3.63) is 54.2 Å². The Morgan fingerprint density at radius 3 is 2.58 bits per heavy atom. The van der Waals surface area contributed by atoms with Crippen molar-refractivity contribution in [3.63, 3.8) is 0 Å². The van der Waals surface area contributed by atoms with Gasteiger partial charge in [0.15, 0.2) is 0 Å². The summed E-state index contributed by atoms with van der Waals surface area (Å²) in [6.45, 7) is 2.04. The molecule has 0 spiro atoms. The van der Waals surface area contributed by atoms with Gasteiger partial charge in [0.1, 0.15) is 10.7 Å². The molecule has 1 aromatic heterocycles. The Bertz CT molecular complexity index is 735. The zero-order valence-corrected chi connectivity index (χ0v) is 14.9. The first kappa shape index (κ1) is 18.4. The predicted octanol–water partition coefficient (Wildman–Crippen LogP) is 1.92. The van der Waals surface area contributed by atoms with Gasteiger partial charge in [0.2, 0.25) is 10.0 Å². The summed E-state index contributed by atoms with van der Waals surface area (Å²) >= 11 is 0. The SMILES string of the molecule is CNc1ncccc1S(=O)(=O)NCCCN(C)Cc1ccccc1. The molecule has 2 aromatic rings. The van der Waals surface area contributed by atoms with Crippen LogP contribution >= 0.6 is 0 Å². The maximum Gasteiger partial charge on any atom is 0.244 e. The number of pyridine rings is 1. The summed E-state index contributed by atoms with van der Waals surface area (Å²) in [6, 6.07) is 13.4. The van der Waals surface area contributed by atoms with E-state index in [0.717, 1.165) is 19.5 Å². The van der Waals surface area contributed by atoms with Gasteiger partial charge in [-0.3, -0.25) is 0 Å². The number of rotatable bonds is 9. The smallest absolute Gasteiger partial charge is 0.244 e. The van der Waals surface area contributed by atoms with Crippen LogP contribution in [0.3, 0.4) is 0 Å². The third-order valence-corrected chi connectivity index (χ3v) is 5.09. The average Bonchev–Trinajstić information content (AvgIpc) is 2.59. The molecule has 0 radical (unpaired) electrons. The van der Waals surface area contributed by atoms with Crippen LogP contribution in [-0.2, 0) is 16.6 Å². The molecule has 1 heterocycles. The van der Waals surface area contributed by atoms with E-state index in [2.05, 4.69) is 32.1 Å². The van der Waals surface area contributed by atoms with Crippen molar-refractivity contribution in [2.75, 3.05) is 32.5 Å². The summed E-state index contributed by atoms with van der Waals surface area (Å²) in [5.41, 5.74) is 1.25. The van der Waals surface area contributed by atoms with Crippen LogP contribution in [-0.4, -0.2) is 45.5 Å². The zero-order chi connectivity index (χ0) is 17.4. The van der Waals surface area contributed by atoms with Gasteiger partial charge in [-0.15, -0.1) is 0 Å². The predicted molar refractivity (Wildman–Crippen MR) is 96.4 cm³/mol. The highest BCUT2D eigenvalue weighted by Crippen LogP contribution is 2.16. The molecule has 24 heavy (non-hydrogen) atoms. The van der Waals surface area contributed by atoms with Gasteiger partial charge in [-0.2, -0.15) is 0 Å². The minimum Gasteiger partial charge on any atom is -0.372 e. The first-order valence-electron chi connectivity index (χ1n) is 7.88. The summed E-state index contributed by atoms with van der Waals surface area (Å²) in [7, 11) is 0.129.